The Hall–Kier alpha value is -1.11. The number of nitrogens with zero attached hydrogens (tertiary/aromatic N) is 1. The highest BCUT2D eigenvalue weighted by molar-refractivity contribution is 5.94. The summed E-state index contributed by atoms with van der Waals surface area (Å²) in [7, 11) is 3.03. The van der Waals surface area contributed by atoms with Crippen molar-refractivity contribution < 1.29 is 19.1 Å². The molecule has 1 amide bonds. The number of hydrogen-bond donors (Lipinski definition) is 1. The van der Waals surface area contributed by atoms with E-state index in [1.807, 2.05) is 6.08 Å². The largest absolute Gasteiger partial charge is 0.491 e. The summed E-state index contributed by atoms with van der Waals surface area (Å²) in [5.74, 6) is 0.120. The van der Waals surface area contributed by atoms with E-state index in [2.05, 4.69) is 5.32 Å². The van der Waals surface area contributed by atoms with Gasteiger partial charge in [0.25, 0.3) is 0 Å². The van der Waals surface area contributed by atoms with Crippen molar-refractivity contribution in [2.75, 3.05) is 34.1 Å². The molecule has 2 aliphatic rings. The first-order valence-corrected chi connectivity index (χ1v) is 5.67. The summed E-state index contributed by atoms with van der Waals surface area (Å²) in [6.07, 6.45) is 3.50. The van der Waals surface area contributed by atoms with Gasteiger partial charge < -0.3 is 14.8 Å². The third-order valence-electron chi connectivity index (χ3n) is 3.19. The molecular formula is C11H18N2O4. The quantitative estimate of drug-likeness (QED) is 0.704. The molecule has 1 N–H and O–H groups in total. The molecule has 0 aromatic heterocycles. The molecule has 6 heteroatoms. The van der Waals surface area contributed by atoms with E-state index >= 15 is 0 Å². The van der Waals surface area contributed by atoms with Crippen LogP contribution in [0.1, 0.15) is 12.8 Å². The fourth-order valence-electron chi connectivity index (χ4n) is 2.31. The van der Waals surface area contributed by atoms with Crippen molar-refractivity contribution in [2.24, 2.45) is 0 Å². The van der Waals surface area contributed by atoms with Crippen molar-refractivity contribution in [1.82, 2.24) is 10.4 Å². The summed E-state index contributed by atoms with van der Waals surface area (Å²) in [4.78, 5) is 17.4. The maximum absolute atomic E-state index is 12.0. The zero-order valence-corrected chi connectivity index (χ0v) is 10.2. The maximum Gasteiger partial charge on any atom is 0.313 e. The lowest BCUT2D eigenvalue weighted by Gasteiger charge is -2.38. The average molecular weight is 242 g/mol. The number of amides is 1. The van der Waals surface area contributed by atoms with Gasteiger partial charge >= 0.3 is 5.91 Å². The third kappa shape index (κ3) is 2.15. The van der Waals surface area contributed by atoms with Crippen molar-refractivity contribution in [3.8, 4) is 0 Å². The molecule has 96 valence electrons. The second-order valence-corrected chi connectivity index (χ2v) is 4.20. The van der Waals surface area contributed by atoms with Crippen LogP contribution >= 0.6 is 0 Å². The second-order valence-electron chi connectivity index (χ2n) is 4.20. The van der Waals surface area contributed by atoms with E-state index in [4.69, 9.17) is 14.3 Å². The van der Waals surface area contributed by atoms with E-state index in [0.29, 0.717) is 5.76 Å². The fourth-order valence-corrected chi connectivity index (χ4v) is 2.31. The lowest BCUT2D eigenvalue weighted by atomic mass is 9.89. The summed E-state index contributed by atoms with van der Waals surface area (Å²) in [5, 5.41) is 4.66. The normalized spacial score (nSPS) is 23.1. The van der Waals surface area contributed by atoms with E-state index in [9.17, 15) is 4.79 Å². The van der Waals surface area contributed by atoms with Gasteiger partial charge in [0.15, 0.2) is 12.6 Å². The molecule has 0 radical (unpaired) electrons. The van der Waals surface area contributed by atoms with E-state index in [-0.39, 0.29) is 18.2 Å². The van der Waals surface area contributed by atoms with Crippen LogP contribution in [-0.4, -0.2) is 50.6 Å². The van der Waals surface area contributed by atoms with Crippen molar-refractivity contribution in [1.29, 1.82) is 0 Å². The molecule has 2 aliphatic heterocycles. The highest BCUT2D eigenvalue weighted by Gasteiger charge is 2.48. The Bertz CT molecular complexity index is 323. The van der Waals surface area contributed by atoms with Crippen LogP contribution < -0.4 is 5.32 Å². The topological polar surface area (TPSA) is 60.0 Å². The molecule has 0 saturated carbocycles. The minimum absolute atomic E-state index is 0.0613. The Kier molecular flexibility index (Phi) is 3.66. The monoisotopic (exact) mass is 242 g/mol. The Morgan fingerprint density at radius 1 is 1.41 bits per heavy atom. The molecule has 1 fully saturated rings. The number of carbonyl (C=O) groups is 1. The van der Waals surface area contributed by atoms with Crippen LogP contribution in [0, 0.1) is 0 Å². The number of carbonyl (C=O) groups excluding carboxylic acids is 1. The minimum Gasteiger partial charge on any atom is -0.491 e. The Morgan fingerprint density at radius 3 is 2.71 bits per heavy atom. The number of hydrogen-bond acceptors (Lipinski definition) is 5. The highest BCUT2D eigenvalue weighted by Crippen LogP contribution is 2.36. The molecule has 2 heterocycles. The van der Waals surface area contributed by atoms with Crippen LogP contribution in [0.2, 0.25) is 0 Å². The van der Waals surface area contributed by atoms with Gasteiger partial charge in [0.1, 0.15) is 0 Å². The smallest absolute Gasteiger partial charge is 0.313 e. The molecule has 1 spiro atoms. The fraction of sp³-hybridized carbons (Fsp3) is 0.727. The Morgan fingerprint density at radius 2 is 2.12 bits per heavy atom. The standard InChI is InChI=1S/C11H18N2O4/c1-15-8-17-13-10(14)9(16-2)7-11(13)3-5-12-6-4-11/h7,12H,3-6,8H2,1-2H3. The molecule has 0 aliphatic carbocycles. The van der Waals surface area contributed by atoms with E-state index < -0.39 is 0 Å². The van der Waals surface area contributed by atoms with Crippen LogP contribution in [0.4, 0.5) is 0 Å². The summed E-state index contributed by atoms with van der Waals surface area (Å²) >= 11 is 0. The maximum atomic E-state index is 12.0. The molecule has 2 rings (SSSR count). The first kappa shape index (κ1) is 12.3. The number of piperidine rings is 1. The predicted octanol–water partition coefficient (Wildman–Crippen LogP) is 0.0166. The van der Waals surface area contributed by atoms with E-state index in [1.54, 1.807) is 0 Å². The molecule has 1 saturated heterocycles. The number of methoxy groups -OCH3 is 2. The van der Waals surface area contributed by atoms with Gasteiger partial charge in [0, 0.05) is 7.11 Å². The summed E-state index contributed by atoms with van der Waals surface area (Å²) in [5.41, 5.74) is -0.383. The zero-order valence-electron chi connectivity index (χ0n) is 10.2. The molecule has 0 aromatic rings. The molecular weight excluding hydrogens is 224 g/mol. The molecule has 17 heavy (non-hydrogen) atoms. The Balaban J connectivity index is 2.19. The highest BCUT2D eigenvalue weighted by atomic mass is 16.8. The lowest BCUT2D eigenvalue weighted by molar-refractivity contribution is -0.244. The molecule has 0 bridgehead atoms. The van der Waals surface area contributed by atoms with Gasteiger partial charge in [-0.3, -0.25) is 4.79 Å². The average Bonchev–Trinajstić information content (AvgIpc) is 2.61. The Labute approximate surface area is 100 Å². The first-order valence-electron chi connectivity index (χ1n) is 5.67. The van der Waals surface area contributed by atoms with Crippen LogP contribution in [-0.2, 0) is 19.1 Å². The summed E-state index contributed by atoms with van der Waals surface area (Å²) < 4.78 is 9.95. The summed E-state index contributed by atoms with van der Waals surface area (Å²) in [6.45, 7) is 1.77. The zero-order chi connectivity index (χ0) is 12.3. The third-order valence-corrected chi connectivity index (χ3v) is 3.19. The lowest BCUT2D eigenvalue weighted by Crippen LogP contribution is -2.52. The summed E-state index contributed by atoms with van der Waals surface area (Å²) in [6, 6.07) is 0. The van der Waals surface area contributed by atoms with Gasteiger partial charge in [0.2, 0.25) is 0 Å². The van der Waals surface area contributed by atoms with Gasteiger partial charge in [-0.25, -0.2) is 9.90 Å². The number of nitrogens with one attached hydrogen (secondary N) is 1. The van der Waals surface area contributed by atoms with Crippen LogP contribution in [0.15, 0.2) is 11.8 Å². The van der Waals surface area contributed by atoms with Crippen molar-refractivity contribution >= 4 is 5.91 Å². The van der Waals surface area contributed by atoms with Crippen molar-refractivity contribution in [3.63, 3.8) is 0 Å². The van der Waals surface area contributed by atoms with E-state index in [0.717, 1.165) is 25.9 Å². The van der Waals surface area contributed by atoms with Crippen molar-refractivity contribution in [2.45, 2.75) is 18.4 Å². The number of hydroxylamine groups is 2. The van der Waals surface area contributed by atoms with Gasteiger partial charge in [-0.05, 0) is 32.0 Å². The van der Waals surface area contributed by atoms with Gasteiger partial charge in [-0.2, -0.15) is 0 Å². The molecule has 0 aromatic carbocycles. The predicted molar refractivity (Wildman–Crippen MR) is 59.7 cm³/mol. The van der Waals surface area contributed by atoms with Gasteiger partial charge in [-0.1, -0.05) is 0 Å². The first-order chi connectivity index (χ1) is 8.23. The van der Waals surface area contributed by atoms with Crippen LogP contribution in [0.25, 0.3) is 0 Å². The van der Waals surface area contributed by atoms with Crippen LogP contribution in [0.5, 0.6) is 0 Å². The minimum atomic E-state index is -0.383. The number of rotatable bonds is 4. The van der Waals surface area contributed by atoms with E-state index in [1.165, 1.54) is 19.3 Å². The molecule has 6 nitrogen and oxygen atoms in total. The van der Waals surface area contributed by atoms with Gasteiger partial charge in [-0.15, -0.1) is 0 Å². The molecule has 0 atom stereocenters. The molecule has 0 unspecified atom stereocenters. The van der Waals surface area contributed by atoms with Crippen molar-refractivity contribution in [3.05, 3.63) is 11.8 Å². The SMILES string of the molecule is COCON1C(=O)C(OC)=CC12CCNCC2. The van der Waals surface area contributed by atoms with Crippen LogP contribution in [0.3, 0.4) is 0 Å². The second kappa shape index (κ2) is 5.03. The van der Waals surface area contributed by atoms with Gasteiger partial charge in [0.05, 0.1) is 12.6 Å². The number of ether oxygens (including phenoxy) is 2.